The number of carbonyl (C=O) groups is 4. The van der Waals surface area contributed by atoms with E-state index in [1.165, 1.54) is 39.2 Å². The molecule has 0 spiro atoms. The van der Waals surface area contributed by atoms with Gasteiger partial charge in [0.05, 0.1) is 30.8 Å². The maximum atomic E-state index is 13.6. The van der Waals surface area contributed by atoms with Gasteiger partial charge in [0.2, 0.25) is 11.8 Å². The summed E-state index contributed by atoms with van der Waals surface area (Å²) in [5.41, 5.74) is 27.7. The summed E-state index contributed by atoms with van der Waals surface area (Å²) in [4.78, 5) is 98.2. The number of para-hydroxylation sites is 1. The number of carbonyl (C=O) groups excluding carboxylic acids is 4. The Morgan fingerprint density at radius 2 is 0.933 bits per heavy atom. The molecule has 29 heteroatoms. The first-order valence-corrected chi connectivity index (χ1v) is 48.5. The molecule has 0 saturated carbocycles. The van der Waals surface area contributed by atoms with Crippen molar-refractivity contribution in [1.82, 2.24) is 65.6 Å². The number of guanidine groups is 1. The number of hydrogen-bond donors (Lipinski definition) is 6. The Kier molecular flexibility index (Phi) is 38.5. The standard InChI is InChI=1S/C36H43N7OS.C34H37N5O2.C13H20N2O2S.C10H18N2O2S.C8H12N2S.4CH4.H2/c1-23-17-24(2)19-27(18-23)32-29(11-13-38-35(41-37-6)43-16-12-26(21-43)33-39-25(3)22-45-33)30-20-28(9-10-31(30)40-32)36(4,5)34(44)42-14-7-8-15-42;1-23-19-24(2)21-25(20-23)31-28(15-16-36-33(38-35-5)41-27-11-7-6-8-12-27)29-22-26(13-14-30(29)37-31)34(3,4)32(40)39-17-9-10-18-39;1-9-8-18-11(14-9)10-5-6-15(7-10)12(16)17-13(2,3)4;1-10(2,3)14-9(13)12-5-4-7(6-12)8(11)15;1-6-5-11-8(10-6)7-2-3-9-4-7;;;;;/h9-10,17-20,22,26,40H,7-8,11-16,21H2,1-5H3,(H,38,41);6-8,11-14,19-22,37H,9-10,15-18H2,1-4H3,(H,36,38);8,10H,5-7H2,1-4H3;7H,4-6H2,1-3H3,(H2,11,15);5,7,9H,2-4H2,1H3;4*1H4;1H/i;;;;;;;;;1+1D. The van der Waals surface area contributed by atoms with Crippen molar-refractivity contribution in [3.8, 4) is 28.3 Å². The van der Waals surface area contributed by atoms with Crippen molar-refractivity contribution in [2.75, 3.05) is 91.6 Å². The SMILES string of the molecule is C.C.C.C.CC(C)(C)OC(=O)N1CCC(C(N)=S)C1.Cc1csc(C2CCN(C(=O)OC(C)(C)C)C2)n1.Cc1csc(C2CCNC2)n1.[2H][2H].[C-]#[N+]NC(=NCCc1c(-c2cc(C)cc(C)c2)[nH]c2ccc(C(C)(C)C(=O)N3CCCC3)cc12)N1CCC(c2nc(C)cs2)C1.[C-]#[N+]NC(=NCCc1c(-c2cc(C)cc(C)c2)[nH]c2ccc(C(C)(C)C(=O)N3CCCC3)cc12)Oc1ccccc1. The van der Waals surface area contributed by atoms with Gasteiger partial charge in [-0.25, -0.2) is 34.5 Å². The summed E-state index contributed by atoms with van der Waals surface area (Å²) in [5, 5.41) is 15.5. The minimum Gasteiger partial charge on any atom is -0.444 e. The summed E-state index contributed by atoms with van der Waals surface area (Å²) in [6.45, 7) is 59.7. The van der Waals surface area contributed by atoms with Crippen LogP contribution in [0.5, 0.6) is 5.75 Å². The Balaban J connectivity index is 0.000000251. The number of fused-ring (bicyclic) bond motifs is 2. The van der Waals surface area contributed by atoms with Crippen LogP contribution in [0.1, 0.15) is 248 Å². The van der Waals surface area contributed by atoms with E-state index in [1.54, 1.807) is 43.8 Å². The van der Waals surface area contributed by atoms with E-state index in [9.17, 15) is 19.2 Å². The Morgan fingerprint density at radius 1 is 0.522 bits per heavy atom. The molecule has 16 rings (SSSR count). The maximum Gasteiger partial charge on any atom is 0.410 e. The van der Waals surface area contributed by atoms with Crippen LogP contribution in [-0.4, -0.2) is 193 Å². The molecule has 6 aliphatic rings. The van der Waals surface area contributed by atoms with Crippen LogP contribution >= 0.6 is 46.2 Å². The van der Waals surface area contributed by atoms with Gasteiger partial charge in [-0.3, -0.25) is 9.59 Å². The summed E-state index contributed by atoms with van der Waals surface area (Å²) in [6, 6.07) is 35.4. The number of nitrogens with zero attached hydrogens (tertiary/aromatic N) is 12. The Morgan fingerprint density at radius 3 is 1.33 bits per heavy atom. The Hall–Kier alpha value is -11.1. The first-order valence-electron chi connectivity index (χ1n) is 46.5. The lowest BCUT2D eigenvalue weighted by Crippen LogP contribution is -2.41. The predicted octanol–water partition coefficient (Wildman–Crippen LogP) is 22.7. The van der Waals surface area contributed by atoms with E-state index in [2.05, 4.69) is 193 Å². The van der Waals surface area contributed by atoms with Gasteiger partial charge in [-0.1, -0.05) is 112 Å². The number of hydrogen-bond acceptors (Lipinski definition) is 17. The molecular formula is C105H148N18O7S4. The number of thiazole rings is 3. The van der Waals surface area contributed by atoms with Crippen molar-refractivity contribution in [3.63, 3.8) is 0 Å². The van der Waals surface area contributed by atoms with E-state index >= 15 is 0 Å². The summed E-state index contributed by atoms with van der Waals surface area (Å²) in [6.07, 6.45) is 9.20. The second-order valence-electron chi connectivity index (χ2n) is 38.1. The fourth-order valence-corrected chi connectivity index (χ4v) is 20.6. The average molecular weight is 1900 g/mol. The number of amidine groups is 1. The van der Waals surface area contributed by atoms with Crippen LogP contribution in [0.25, 0.3) is 54.2 Å². The number of thiocarbonyl (C=S) groups is 1. The van der Waals surface area contributed by atoms with Crippen molar-refractivity contribution in [2.45, 2.75) is 251 Å². The zero-order valence-electron chi connectivity index (χ0n) is 80.8. The number of H-pyrrole nitrogens is 2. The van der Waals surface area contributed by atoms with Gasteiger partial charge < -0.3 is 59.7 Å². The molecule has 724 valence electrons. The van der Waals surface area contributed by atoms with Crippen molar-refractivity contribution in [2.24, 2.45) is 21.6 Å². The number of benzene rings is 5. The molecule has 0 aliphatic carbocycles. The van der Waals surface area contributed by atoms with E-state index in [0.717, 1.165) is 199 Å². The number of aryl methyl sites for hydroxylation is 7. The summed E-state index contributed by atoms with van der Waals surface area (Å²) >= 11 is 10.1. The number of ether oxygens (including phenoxy) is 3. The quantitative estimate of drug-likeness (QED) is 0.0162. The number of amides is 4. The van der Waals surface area contributed by atoms with Crippen molar-refractivity contribution < 1.29 is 36.4 Å². The van der Waals surface area contributed by atoms with E-state index < -0.39 is 22.0 Å². The molecule has 7 N–H and O–H groups in total. The number of nitrogens with one attached hydrogen (secondary N) is 5. The third-order valence-electron chi connectivity index (χ3n) is 24.2. The van der Waals surface area contributed by atoms with Crippen molar-refractivity contribution >= 4 is 109 Å². The molecule has 6 saturated heterocycles. The predicted molar refractivity (Wildman–Crippen MR) is 559 cm³/mol. The lowest BCUT2D eigenvalue weighted by molar-refractivity contribution is -0.135. The summed E-state index contributed by atoms with van der Waals surface area (Å²) in [5.74, 6) is 3.18. The average Bonchev–Trinajstić information content (AvgIpc) is 1.60. The van der Waals surface area contributed by atoms with Crippen LogP contribution in [0.3, 0.4) is 0 Å². The number of likely N-dealkylation sites (tertiary alicyclic amines) is 5. The molecule has 5 aromatic heterocycles. The highest BCUT2D eigenvalue weighted by atomic mass is 32.1. The van der Waals surface area contributed by atoms with Crippen LogP contribution in [0.15, 0.2) is 129 Å². The number of nitrogens with two attached hydrogens (primary N) is 1. The smallest absolute Gasteiger partial charge is 0.410 e. The molecule has 0 bridgehead atoms. The van der Waals surface area contributed by atoms with Gasteiger partial charge >= 0.3 is 18.2 Å². The topological polar surface area (TPSA) is 278 Å². The van der Waals surface area contributed by atoms with E-state index in [1.807, 2.05) is 109 Å². The van der Waals surface area contributed by atoms with Gasteiger partial charge in [0.15, 0.2) is 0 Å². The molecule has 10 aromatic rings. The molecule has 4 atom stereocenters. The lowest BCUT2D eigenvalue weighted by atomic mass is 9.82. The molecular weight excluding hydrogens is 1750 g/mol. The van der Waals surface area contributed by atoms with Crippen LogP contribution < -0.4 is 26.6 Å². The zero-order chi connectivity index (χ0) is 95.4. The first-order chi connectivity index (χ1) is 62.9. The highest BCUT2D eigenvalue weighted by Gasteiger charge is 2.39. The number of aromatic nitrogens is 5. The largest absolute Gasteiger partial charge is 0.444 e. The number of aromatic amines is 2. The highest BCUT2D eigenvalue weighted by molar-refractivity contribution is 7.80. The van der Waals surface area contributed by atoms with Gasteiger partial charge in [0.1, 0.15) is 17.0 Å². The molecule has 4 unspecified atom stereocenters. The molecule has 6 fully saturated rings. The third kappa shape index (κ3) is 28.8. The molecule has 134 heavy (non-hydrogen) atoms. The monoisotopic (exact) mass is 1900 g/mol. The van der Waals surface area contributed by atoms with Crippen molar-refractivity contribution in [3.05, 3.63) is 219 Å². The van der Waals surface area contributed by atoms with Gasteiger partial charge in [-0.05, 0) is 288 Å². The van der Waals surface area contributed by atoms with Gasteiger partial charge in [-0.15, -0.1) is 34.0 Å². The fraction of sp³-hybridized carbons (Fsp3) is 0.505. The summed E-state index contributed by atoms with van der Waals surface area (Å²) < 4.78 is 26.5. The molecule has 5 aromatic carbocycles. The van der Waals surface area contributed by atoms with Gasteiger partial charge in [0.25, 0.3) is 5.96 Å². The molecule has 4 amide bonds. The van der Waals surface area contributed by atoms with E-state index in [4.69, 9.17) is 58.3 Å². The van der Waals surface area contributed by atoms with Crippen molar-refractivity contribution in [1.29, 1.82) is 0 Å². The normalized spacial score (nSPS) is 17.2. The minimum atomic E-state index is -0.637. The van der Waals surface area contributed by atoms with E-state index in [0.29, 0.717) is 73.5 Å². The minimum absolute atomic E-state index is 0. The van der Waals surface area contributed by atoms with Gasteiger partial charge in [-0.2, -0.15) is 23.1 Å². The van der Waals surface area contributed by atoms with Crippen LogP contribution in [-0.2, 0) is 42.7 Å². The molecule has 0 radical (unpaired) electrons. The second kappa shape index (κ2) is 48.4. The highest BCUT2D eigenvalue weighted by Crippen LogP contribution is 2.41. The lowest BCUT2D eigenvalue weighted by Gasteiger charge is -2.29. The van der Waals surface area contributed by atoms with Crippen LogP contribution in [0.4, 0.5) is 9.59 Å². The third-order valence-corrected chi connectivity index (χ3v) is 27.9. The first kappa shape index (κ1) is 107. The molecule has 6 aliphatic heterocycles. The zero-order valence-corrected chi connectivity index (χ0v) is 82.0. The Labute approximate surface area is 817 Å². The van der Waals surface area contributed by atoms with Crippen LogP contribution in [0.2, 0.25) is 0 Å². The van der Waals surface area contributed by atoms with E-state index in [-0.39, 0.29) is 65.6 Å². The molecule has 11 heterocycles. The number of rotatable bonds is 17. The fourth-order valence-electron chi connectivity index (χ4n) is 17.6. The Bertz CT molecular complexity index is 5730. The van der Waals surface area contributed by atoms with Crippen LogP contribution in [0, 0.1) is 67.5 Å². The van der Waals surface area contributed by atoms with Gasteiger partial charge in [0, 0.05) is 178 Å². The molecule has 25 nitrogen and oxygen atoms in total. The maximum absolute atomic E-state index is 13.6. The number of aliphatic imine (C=N–C) groups is 2. The second-order valence-corrected chi connectivity index (χ2v) is 41.2. The summed E-state index contributed by atoms with van der Waals surface area (Å²) in [7, 11) is 0.